The third kappa shape index (κ3) is 1.94. The first-order chi connectivity index (χ1) is 7.31. The highest BCUT2D eigenvalue weighted by Gasteiger charge is 2.04. The van der Waals surface area contributed by atoms with Crippen molar-refractivity contribution in [2.24, 2.45) is 0 Å². The van der Waals surface area contributed by atoms with Gasteiger partial charge in [0.25, 0.3) is 0 Å². The molecule has 1 aromatic carbocycles. The van der Waals surface area contributed by atoms with Crippen molar-refractivity contribution in [2.45, 2.75) is 6.42 Å². The average Bonchev–Trinajstić information content (AvgIpc) is 2.29. The van der Waals surface area contributed by atoms with Gasteiger partial charge in [-0.25, -0.2) is 0 Å². The van der Waals surface area contributed by atoms with E-state index >= 15 is 0 Å². The molecule has 0 aliphatic rings. The summed E-state index contributed by atoms with van der Waals surface area (Å²) in [5.74, 6) is 0.0933. The molecule has 0 unspecified atom stereocenters. The SMILES string of the molecule is C=CCC(=O)c1ccc2ncccc2c1. The number of benzene rings is 1. The molecule has 0 atom stereocenters. The van der Waals surface area contributed by atoms with Gasteiger partial charge in [0.15, 0.2) is 5.78 Å². The summed E-state index contributed by atoms with van der Waals surface area (Å²) in [5, 5.41) is 0.993. The second-order valence-electron chi connectivity index (χ2n) is 3.33. The number of ketones is 1. The standard InChI is InChI=1S/C13H11NO/c1-2-4-13(15)11-6-7-12-10(9-11)5-3-8-14-12/h2-3,5-9H,1,4H2. The topological polar surface area (TPSA) is 30.0 Å². The first-order valence-electron chi connectivity index (χ1n) is 4.80. The molecule has 15 heavy (non-hydrogen) atoms. The van der Waals surface area contributed by atoms with Crippen molar-refractivity contribution in [3.05, 3.63) is 54.7 Å². The van der Waals surface area contributed by atoms with Crippen molar-refractivity contribution in [3.8, 4) is 0 Å². The van der Waals surface area contributed by atoms with Gasteiger partial charge in [-0.2, -0.15) is 0 Å². The number of rotatable bonds is 3. The summed E-state index contributed by atoms with van der Waals surface area (Å²) in [6.07, 6.45) is 3.75. The fraction of sp³-hybridized carbons (Fsp3) is 0.0769. The number of nitrogens with zero attached hydrogens (tertiary/aromatic N) is 1. The van der Waals surface area contributed by atoms with Crippen LogP contribution in [-0.4, -0.2) is 10.8 Å². The van der Waals surface area contributed by atoms with Crippen LogP contribution in [0.1, 0.15) is 16.8 Å². The molecule has 0 fully saturated rings. The number of fused-ring (bicyclic) bond motifs is 1. The van der Waals surface area contributed by atoms with Gasteiger partial charge in [0, 0.05) is 23.6 Å². The minimum Gasteiger partial charge on any atom is -0.294 e. The molecule has 2 aromatic rings. The third-order valence-corrected chi connectivity index (χ3v) is 2.25. The maximum atomic E-state index is 11.6. The number of pyridine rings is 1. The Morgan fingerprint density at radius 1 is 1.40 bits per heavy atom. The number of Topliss-reactive ketones (excluding diaryl/α,β-unsaturated/α-hetero) is 1. The van der Waals surface area contributed by atoms with Gasteiger partial charge >= 0.3 is 0 Å². The molecule has 0 aliphatic heterocycles. The van der Waals surface area contributed by atoms with Crippen molar-refractivity contribution in [2.75, 3.05) is 0 Å². The molecule has 0 amide bonds. The zero-order valence-electron chi connectivity index (χ0n) is 8.31. The van der Waals surface area contributed by atoms with E-state index in [4.69, 9.17) is 0 Å². The highest BCUT2D eigenvalue weighted by molar-refractivity contribution is 6.00. The Balaban J connectivity index is 2.46. The molecule has 0 saturated heterocycles. The molecule has 74 valence electrons. The summed E-state index contributed by atoms with van der Waals surface area (Å²) in [5.41, 5.74) is 1.63. The molecular formula is C13H11NO. The monoisotopic (exact) mass is 197 g/mol. The Morgan fingerprint density at radius 3 is 3.07 bits per heavy atom. The van der Waals surface area contributed by atoms with Gasteiger partial charge in [0.05, 0.1) is 5.52 Å². The van der Waals surface area contributed by atoms with Gasteiger partial charge in [-0.05, 0) is 24.3 Å². The molecule has 1 aromatic heterocycles. The summed E-state index contributed by atoms with van der Waals surface area (Å²) in [6.45, 7) is 3.56. The second kappa shape index (κ2) is 4.05. The van der Waals surface area contributed by atoms with Crippen LogP contribution in [0.2, 0.25) is 0 Å². The minimum absolute atomic E-state index is 0.0933. The lowest BCUT2D eigenvalue weighted by Gasteiger charge is -2.00. The van der Waals surface area contributed by atoms with Gasteiger partial charge in [0.1, 0.15) is 0 Å². The molecule has 0 saturated carbocycles. The molecule has 2 heteroatoms. The second-order valence-corrected chi connectivity index (χ2v) is 3.33. The van der Waals surface area contributed by atoms with Crippen molar-refractivity contribution >= 4 is 16.7 Å². The molecule has 0 aliphatic carbocycles. The van der Waals surface area contributed by atoms with Gasteiger partial charge < -0.3 is 0 Å². The smallest absolute Gasteiger partial charge is 0.166 e. The zero-order valence-corrected chi connectivity index (χ0v) is 8.31. The van der Waals surface area contributed by atoms with Crippen molar-refractivity contribution in [3.63, 3.8) is 0 Å². The van der Waals surface area contributed by atoms with E-state index in [1.165, 1.54) is 0 Å². The highest BCUT2D eigenvalue weighted by Crippen LogP contribution is 2.14. The summed E-state index contributed by atoms with van der Waals surface area (Å²) in [4.78, 5) is 15.8. The van der Waals surface area contributed by atoms with E-state index in [1.807, 2.05) is 24.3 Å². The van der Waals surface area contributed by atoms with E-state index < -0.39 is 0 Å². The van der Waals surface area contributed by atoms with Crippen LogP contribution in [0.5, 0.6) is 0 Å². The van der Waals surface area contributed by atoms with Crippen LogP contribution in [0.4, 0.5) is 0 Å². The lowest BCUT2D eigenvalue weighted by atomic mass is 10.1. The van der Waals surface area contributed by atoms with E-state index in [9.17, 15) is 4.79 Å². The van der Waals surface area contributed by atoms with Crippen LogP contribution < -0.4 is 0 Å². The van der Waals surface area contributed by atoms with Gasteiger partial charge in [-0.15, -0.1) is 6.58 Å². The largest absolute Gasteiger partial charge is 0.294 e. The Labute approximate surface area is 88.3 Å². The fourth-order valence-electron chi connectivity index (χ4n) is 1.50. The normalized spacial score (nSPS) is 10.1. The summed E-state index contributed by atoms with van der Waals surface area (Å²) < 4.78 is 0. The number of aromatic nitrogens is 1. The molecule has 2 rings (SSSR count). The van der Waals surface area contributed by atoms with Crippen molar-refractivity contribution in [1.29, 1.82) is 0 Å². The zero-order chi connectivity index (χ0) is 10.7. The van der Waals surface area contributed by atoms with Crippen LogP contribution in [0.15, 0.2) is 49.2 Å². The lowest BCUT2D eigenvalue weighted by Crippen LogP contribution is -1.96. The number of carbonyl (C=O) groups is 1. The van der Waals surface area contributed by atoms with E-state index in [0.29, 0.717) is 6.42 Å². The number of carbonyl (C=O) groups excluding carboxylic acids is 1. The predicted molar refractivity (Wildman–Crippen MR) is 60.9 cm³/mol. The molecular weight excluding hydrogens is 186 g/mol. The van der Waals surface area contributed by atoms with E-state index in [0.717, 1.165) is 16.5 Å². The third-order valence-electron chi connectivity index (χ3n) is 2.25. The van der Waals surface area contributed by atoms with Gasteiger partial charge in [0.2, 0.25) is 0 Å². The maximum Gasteiger partial charge on any atom is 0.166 e. The average molecular weight is 197 g/mol. The first kappa shape index (κ1) is 9.59. The van der Waals surface area contributed by atoms with Gasteiger partial charge in [-0.1, -0.05) is 12.1 Å². The molecule has 1 heterocycles. The number of hydrogen-bond acceptors (Lipinski definition) is 2. The van der Waals surface area contributed by atoms with Crippen LogP contribution >= 0.6 is 0 Å². The maximum absolute atomic E-state index is 11.6. The van der Waals surface area contributed by atoms with Crippen LogP contribution in [0.25, 0.3) is 10.9 Å². The molecule has 0 radical (unpaired) electrons. The van der Waals surface area contributed by atoms with E-state index in [2.05, 4.69) is 11.6 Å². The highest BCUT2D eigenvalue weighted by atomic mass is 16.1. The quantitative estimate of drug-likeness (QED) is 0.559. The predicted octanol–water partition coefficient (Wildman–Crippen LogP) is 2.99. The summed E-state index contributed by atoms with van der Waals surface area (Å²) >= 11 is 0. The lowest BCUT2D eigenvalue weighted by molar-refractivity contribution is 0.0996. The number of hydrogen-bond donors (Lipinski definition) is 0. The number of allylic oxidation sites excluding steroid dienone is 1. The summed E-state index contributed by atoms with van der Waals surface area (Å²) in [6, 6.07) is 9.36. The first-order valence-corrected chi connectivity index (χ1v) is 4.80. The molecule has 2 nitrogen and oxygen atoms in total. The van der Waals surface area contributed by atoms with Gasteiger partial charge in [-0.3, -0.25) is 9.78 Å². The van der Waals surface area contributed by atoms with E-state index in [1.54, 1.807) is 18.3 Å². The van der Waals surface area contributed by atoms with Crippen LogP contribution in [-0.2, 0) is 0 Å². The molecule has 0 bridgehead atoms. The molecule has 0 N–H and O–H groups in total. The molecule has 0 spiro atoms. The Hall–Kier alpha value is -1.96. The van der Waals surface area contributed by atoms with Crippen molar-refractivity contribution in [1.82, 2.24) is 4.98 Å². The Morgan fingerprint density at radius 2 is 2.27 bits per heavy atom. The Kier molecular flexibility index (Phi) is 2.59. The van der Waals surface area contributed by atoms with Crippen LogP contribution in [0, 0.1) is 0 Å². The fourth-order valence-corrected chi connectivity index (χ4v) is 1.50. The summed E-state index contributed by atoms with van der Waals surface area (Å²) in [7, 11) is 0. The van der Waals surface area contributed by atoms with Crippen molar-refractivity contribution < 1.29 is 4.79 Å². The van der Waals surface area contributed by atoms with E-state index in [-0.39, 0.29) is 5.78 Å². The Bertz CT molecular complexity index is 517. The minimum atomic E-state index is 0.0933. The van der Waals surface area contributed by atoms with Crippen LogP contribution in [0.3, 0.4) is 0 Å².